The van der Waals surface area contributed by atoms with Crippen LogP contribution in [0.5, 0.6) is 0 Å². The van der Waals surface area contributed by atoms with Crippen molar-refractivity contribution in [2.75, 3.05) is 0 Å². The fourth-order valence-electron chi connectivity index (χ4n) is 2.17. The number of aromatic nitrogens is 4. The lowest BCUT2D eigenvalue weighted by Crippen LogP contribution is -2.15. The Kier molecular flexibility index (Phi) is 4.76. The molecule has 0 radical (unpaired) electrons. The van der Waals surface area contributed by atoms with Crippen LogP contribution in [0.3, 0.4) is 0 Å². The molecular formula is C18H16N4O2. The molecule has 3 rings (SSSR count). The second-order valence-electron chi connectivity index (χ2n) is 5.14. The Morgan fingerprint density at radius 1 is 1.08 bits per heavy atom. The average molecular weight is 320 g/mol. The van der Waals surface area contributed by atoms with Crippen LogP contribution in [0.1, 0.15) is 17.0 Å². The van der Waals surface area contributed by atoms with Gasteiger partial charge >= 0.3 is 5.97 Å². The lowest BCUT2D eigenvalue weighted by atomic mass is 10.2. The van der Waals surface area contributed by atoms with Crippen molar-refractivity contribution in [1.29, 1.82) is 0 Å². The third kappa shape index (κ3) is 3.73. The van der Waals surface area contributed by atoms with Crippen LogP contribution in [0.4, 0.5) is 0 Å². The van der Waals surface area contributed by atoms with E-state index in [0.717, 1.165) is 11.1 Å². The molecular weight excluding hydrogens is 304 g/mol. The summed E-state index contributed by atoms with van der Waals surface area (Å²) in [5.41, 5.74) is 2.04. The molecule has 0 aliphatic heterocycles. The van der Waals surface area contributed by atoms with Gasteiger partial charge in [0, 0.05) is 0 Å². The maximum atomic E-state index is 12.6. The zero-order chi connectivity index (χ0) is 16.8. The number of aryl methyl sites for hydroxylation is 1. The van der Waals surface area contributed by atoms with E-state index in [4.69, 9.17) is 4.74 Å². The SMILES string of the molecule is Cc1nnnn1/C(=C\c1ccccc1)C(=O)OCc1ccccc1. The Hall–Kier alpha value is -3.28. The van der Waals surface area contributed by atoms with Crippen molar-refractivity contribution < 1.29 is 9.53 Å². The Bertz CT molecular complexity index is 842. The van der Waals surface area contributed by atoms with E-state index in [9.17, 15) is 4.79 Å². The van der Waals surface area contributed by atoms with Gasteiger partial charge in [-0.25, -0.2) is 4.79 Å². The number of carbonyl (C=O) groups is 1. The number of carbonyl (C=O) groups excluding carboxylic acids is 1. The first kappa shape index (κ1) is 15.6. The first-order valence-corrected chi connectivity index (χ1v) is 7.47. The molecule has 2 aromatic carbocycles. The standard InChI is InChI=1S/C18H16N4O2/c1-14-19-20-21-22(14)17(12-15-8-4-2-5-9-15)18(23)24-13-16-10-6-3-7-11-16/h2-12H,13H2,1H3/b17-12-. The average Bonchev–Trinajstić information content (AvgIpc) is 3.05. The molecule has 0 saturated heterocycles. The van der Waals surface area contributed by atoms with Gasteiger partial charge in [0.15, 0.2) is 11.5 Å². The number of benzene rings is 2. The van der Waals surface area contributed by atoms with Gasteiger partial charge in [-0.2, -0.15) is 4.68 Å². The van der Waals surface area contributed by atoms with Gasteiger partial charge in [0.2, 0.25) is 0 Å². The quantitative estimate of drug-likeness (QED) is 0.534. The van der Waals surface area contributed by atoms with E-state index in [2.05, 4.69) is 15.5 Å². The predicted molar refractivity (Wildman–Crippen MR) is 89.4 cm³/mol. The van der Waals surface area contributed by atoms with Crippen LogP contribution in [-0.4, -0.2) is 26.2 Å². The minimum absolute atomic E-state index is 0.187. The smallest absolute Gasteiger partial charge is 0.357 e. The monoisotopic (exact) mass is 320 g/mol. The fraction of sp³-hybridized carbons (Fsp3) is 0.111. The van der Waals surface area contributed by atoms with E-state index >= 15 is 0 Å². The normalized spacial score (nSPS) is 11.3. The number of nitrogens with zero attached hydrogens (tertiary/aromatic N) is 4. The van der Waals surface area contributed by atoms with Crippen LogP contribution >= 0.6 is 0 Å². The third-order valence-corrected chi connectivity index (χ3v) is 3.38. The molecule has 1 heterocycles. The van der Waals surface area contributed by atoms with Crippen LogP contribution in [0.15, 0.2) is 60.7 Å². The van der Waals surface area contributed by atoms with Gasteiger partial charge in [0.1, 0.15) is 6.61 Å². The number of hydrogen-bond acceptors (Lipinski definition) is 5. The lowest BCUT2D eigenvalue weighted by Gasteiger charge is -2.09. The van der Waals surface area contributed by atoms with Gasteiger partial charge < -0.3 is 4.74 Å². The van der Waals surface area contributed by atoms with Crippen molar-refractivity contribution in [2.45, 2.75) is 13.5 Å². The highest BCUT2D eigenvalue weighted by molar-refractivity contribution is 6.15. The van der Waals surface area contributed by atoms with Crippen molar-refractivity contribution >= 4 is 17.7 Å². The molecule has 0 aliphatic rings. The van der Waals surface area contributed by atoms with Gasteiger partial charge in [-0.1, -0.05) is 60.7 Å². The molecule has 24 heavy (non-hydrogen) atoms. The predicted octanol–water partition coefficient (Wildman–Crippen LogP) is 2.72. The van der Waals surface area contributed by atoms with E-state index in [1.807, 2.05) is 60.7 Å². The van der Waals surface area contributed by atoms with Gasteiger partial charge in [-0.15, -0.1) is 5.10 Å². The van der Waals surface area contributed by atoms with Gasteiger partial charge in [0.05, 0.1) is 0 Å². The van der Waals surface area contributed by atoms with Crippen LogP contribution in [0.25, 0.3) is 11.8 Å². The summed E-state index contributed by atoms with van der Waals surface area (Å²) in [6, 6.07) is 19.0. The summed E-state index contributed by atoms with van der Waals surface area (Å²) in [7, 11) is 0. The summed E-state index contributed by atoms with van der Waals surface area (Å²) in [6.45, 7) is 1.91. The van der Waals surface area contributed by atoms with Gasteiger partial charge in [-0.3, -0.25) is 0 Å². The van der Waals surface area contributed by atoms with E-state index in [1.165, 1.54) is 4.68 Å². The zero-order valence-electron chi connectivity index (χ0n) is 13.2. The molecule has 0 atom stereocenters. The van der Waals surface area contributed by atoms with Crippen LogP contribution in [-0.2, 0) is 16.1 Å². The van der Waals surface area contributed by atoms with E-state index in [-0.39, 0.29) is 12.3 Å². The van der Waals surface area contributed by atoms with Crippen LogP contribution in [0.2, 0.25) is 0 Å². The number of hydrogen-bond donors (Lipinski definition) is 0. The molecule has 0 N–H and O–H groups in total. The summed E-state index contributed by atoms with van der Waals surface area (Å²) < 4.78 is 6.79. The highest BCUT2D eigenvalue weighted by atomic mass is 16.5. The molecule has 6 heteroatoms. The summed E-state index contributed by atoms with van der Waals surface area (Å²) in [6.07, 6.45) is 1.71. The molecule has 0 bridgehead atoms. The largest absolute Gasteiger partial charge is 0.456 e. The summed E-state index contributed by atoms with van der Waals surface area (Å²) in [5, 5.41) is 11.3. The topological polar surface area (TPSA) is 69.9 Å². The highest BCUT2D eigenvalue weighted by Gasteiger charge is 2.17. The maximum absolute atomic E-state index is 12.6. The lowest BCUT2D eigenvalue weighted by molar-refractivity contribution is -0.138. The molecule has 0 amide bonds. The van der Waals surface area contributed by atoms with Crippen LogP contribution < -0.4 is 0 Å². The first-order valence-electron chi connectivity index (χ1n) is 7.47. The second kappa shape index (κ2) is 7.32. The molecule has 1 aromatic heterocycles. The Balaban J connectivity index is 1.86. The van der Waals surface area contributed by atoms with Crippen molar-refractivity contribution in [1.82, 2.24) is 20.2 Å². The van der Waals surface area contributed by atoms with Gasteiger partial charge in [-0.05, 0) is 34.6 Å². The van der Waals surface area contributed by atoms with Crippen molar-refractivity contribution in [3.05, 3.63) is 77.6 Å². The highest BCUT2D eigenvalue weighted by Crippen LogP contribution is 2.14. The third-order valence-electron chi connectivity index (χ3n) is 3.38. The molecule has 0 spiro atoms. The van der Waals surface area contributed by atoms with Crippen molar-refractivity contribution in [3.63, 3.8) is 0 Å². The number of rotatable bonds is 5. The van der Waals surface area contributed by atoms with E-state index in [0.29, 0.717) is 5.82 Å². The molecule has 0 unspecified atom stereocenters. The van der Waals surface area contributed by atoms with Crippen molar-refractivity contribution in [2.24, 2.45) is 0 Å². The Morgan fingerprint density at radius 3 is 2.38 bits per heavy atom. The molecule has 0 aliphatic carbocycles. The number of esters is 1. The fourth-order valence-corrected chi connectivity index (χ4v) is 2.17. The molecule has 120 valence electrons. The summed E-state index contributed by atoms with van der Waals surface area (Å²) in [4.78, 5) is 12.6. The Labute approximate surface area is 139 Å². The summed E-state index contributed by atoms with van der Waals surface area (Å²) >= 11 is 0. The van der Waals surface area contributed by atoms with Crippen molar-refractivity contribution in [3.8, 4) is 0 Å². The van der Waals surface area contributed by atoms with E-state index in [1.54, 1.807) is 13.0 Å². The van der Waals surface area contributed by atoms with Gasteiger partial charge in [0.25, 0.3) is 0 Å². The van der Waals surface area contributed by atoms with Crippen LogP contribution in [0, 0.1) is 6.92 Å². The molecule has 6 nitrogen and oxygen atoms in total. The minimum atomic E-state index is -0.488. The summed E-state index contributed by atoms with van der Waals surface area (Å²) in [5.74, 6) is 0.0203. The molecule has 0 fully saturated rings. The molecule has 0 saturated carbocycles. The first-order chi connectivity index (χ1) is 11.7. The maximum Gasteiger partial charge on any atom is 0.357 e. The Morgan fingerprint density at radius 2 is 1.75 bits per heavy atom. The minimum Gasteiger partial charge on any atom is -0.456 e. The number of ether oxygens (including phenoxy) is 1. The van der Waals surface area contributed by atoms with E-state index < -0.39 is 5.97 Å². The number of tetrazole rings is 1. The molecule has 3 aromatic rings. The zero-order valence-corrected chi connectivity index (χ0v) is 13.2. The second-order valence-corrected chi connectivity index (χ2v) is 5.14.